The lowest BCUT2D eigenvalue weighted by Crippen LogP contribution is -2.11. The first-order chi connectivity index (χ1) is 9.40. The van der Waals surface area contributed by atoms with Gasteiger partial charge in [-0.15, -0.1) is 11.3 Å². The first-order valence-corrected chi connectivity index (χ1v) is 6.91. The van der Waals surface area contributed by atoms with Gasteiger partial charge < -0.3 is 5.32 Å². The number of carbonyl (C=O) groups excluding carboxylic acids is 1. The predicted molar refractivity (Wildman–Crippen MR) is 79.9 cm³/mol. The highest BCUT2D eigenvalue weighted by Gasteiger charge is 2.21. The number of carbonyl (C=O) groups is 1. The molecule has 0 spiro atoms. The third kappa shape index (κ3) is 2.81. The number of nitro groups is 1. The summed E-state index contributed by atoms with van der Waals surface area (Å²) < 4.78 is 0.00103. The summed E-state index contributed by atoms with van der Waals surface area (Å²) in [7, 11) is 0. The molecule has 0 fully saturated rings. The lowest BCUT2D eigenvalue weighted by molar-refractivity contribution is -0.384. The number of benzene rings is 1. The summed E-state index contributed by atoms with van der Waals surface area (Å²) >= 11 is 6.63. The second-order valence-electron chi connectivity index (χ2n) is 4.23. The summed E-state index contributed by atoms with van der Waals surface area (Å²) in [5.41, 5.74) is 2.45. The van der Waals surface area contributed by atoms with Crippen molar-refractivity contribution in [1.82, 2.24) is 0 Å². The van der Waals surface area contributed by atoms with Crippen LogP contribution in [0.5, 0.6) is 0 Å². The van der Waals surface area contributed by atoms with Crippen LogP contribution in [0.25, 0.3) is 0 Å². The van der Waals surface area contributed by atoms with Crippen molar-refractivity contribution < 1.29 is 9.72 Å². The van der Waals surface area contributed by atoms with Crippen molar-refractivity contribution in [2.45, 2.75) is 13.8 Å². The van der Waals surface area contributed by atoms with Crippen LogP contribution in [-0.4, -0.2) is 10.8 Å². The van der Waals surface area contributed by atoms with Gasteiger partial charge in [0.2, 0.25) is 0 Å². The Labute approximate surface area is 124 Å². The van der Waals surface area contributed by atoms with Crippen molar-refractivity contribution in [2.24, 2.45) is 0 Å². The molecule has 2 rings (SSSR count). The quantitative estimate of drug-likeness (QED) is 0.682. The summed E-state index contributed by atoms with van der Waals surface area (Å²) in [6.45, 7) is 3.84. The second kappa shape index (κ2) is 5.60. The molecule has 1 heterocycles. The molecule has 0 unspecified atom stereocenters. The molecule has 0 saturated carbocycles. The topological polar surface area (TPSA) is 72.2 Å². The molecule has 1 amide bonds. The van der Waals surface area contributed by atoms with Gasteiger partial charge in [-0.2, -0.15) is 0 Å². The highest BCUT2D eigenvalue weighted by Crippen LogP contribution is 2.34. The molecule has 0 radical (unpaired) electrons. The molecule has 0 aliphatic carbocycles. The maximum Gasteiger partial charge on any atom is 0.299 e. The summed E-state index contributed by atoms with van der Waals surface area (Å²) in [5.74, 6) is -0.404. The van der Waals surface area contributed by atoms with Crippen LogP contribution in [0.4, 0.5) is 11.4 Å². The van der Waals surface area contributed by atoms with E-state index in [4.69, 9.17) is 11.6 Å². The van der Waals surface area contributed by atoms with Gasteiger partial charge in [-0.3, -0.25) is 14.9 Å². The van der Waals surface area contributed by atoms with E-state index in [0.29, 0.717) is 5.69 Å². The number of amides is 1. The molecule has 0 saturated heterocycles. The number of halogens is 1. The van der Waals surface area contributed by atoms with Gasteiger partial charge in [-0.1, -0.05) is 23.7 Å². The molecule has 20 heavy (non-hydrogen) atoms. The van der Waals surface area contributed by atoms with E-state index >= 15 is 0 Å². The Morgan fingerprint density at radius 2 is 2.10 bits per heavy atom. The Morgan fingerprint density at radius 1 is 1.40 bits per heavy atom. The molecule has 5 nitrogen and oxygen atoms in total. The van der Waals surface area contributed by atoms with Gasteiger partial charge in [0, 0.05) is 11.8 Å². The van der Waals surface area contributed by atoms with Crippen LogP contribution in [0.1, 0.15) is 20.8 Å². The Balaban J connectivity index is 2.26. The van der Waals surface area contributed by atoms with E-state index in [2.05, 4.69) is 5.32 Å². The minimum atomic E-state index is -0.604. The van der Waals surface area contributed by atoms with E-state index in [9.17, 15) is 14.9 Å². The largest absolute Gasteiger partial charge is 0.321 e. The summed E-state index contributed by atoms with van der Waals surface area (Å²) in [6.07, 6.45) is 0. The fourth-order valence-electron chi connectivity index (χ4n) is 1.67. The first-order valence-electron chi connectivity index (χ1n) is 5.71. The van der Waals surface area contributed by atoms with Gasteiger partial charge in [-0.05, 0) is 31.0 Å². The third-order valence-electron chi connectivity index (χ3n) is 2.94. The zero-order chi connectivity index (χ0) is 14.9. The van der Waals surface area contributed by atoms with Gasteiger partial charge in [0.1, 0.15) is 4.88 Å². The fourth-order valence-corrected chi connectivity index (χ4v) is 2.78. The van der Waals surface area contributed by atoms with Gasteiger partial charge in [-0.25, -0.2) is 0 Å². The van der Waals surface area contributed by atoms with E-state index in [1.54, 1.807) is 6.07 Å². The molecular formula is C13H11ClN2O3S. The number of hydrogen-bond acceptors (Lipinski definition) is 4. The molecule has 1 aromatic heterocycles. The minimum absolute atomic E-state index is 0.00103. The molecular weight excluding hydrogens is 300 g/mol. The van der Waals surface area contributed by atoms with Gasteiger partial charge in [0.15, 0.2) is 4.34 Å². The van der Waals surface area contributed by atoms with Crippen LogP contribution in [0.3, 0.4) is 0 Å². The highest BCUT2D eigenvalue weighted by molar-refractivity contribution is 7.18. The summed E-state index contributed by atoms with van der Waals surface area (Å²) in [6, 6.07) is 6.75. The molecule has 1 N–H and O–H groups in total. The van der Waals surface area contributed by atoms with E-state index in [1.807, 2.05) is 26.0 Å². The number of aryl methyl sites for hydroxylation is 1. The maximum atomic E-state index is 12.1. The average Bonchev–Trinajstić information content (AvgIpc) is 2.77. The van der Waals surface area contributed by atoms with Crippen molar-refractivity contribution in [3.63, 3.8) is 0 Å². The number of anilines is 1. The molecule has 0 aliphatic rings. The van der Waals surface area contributed by atoms with Crippen molar-refractivity contribution in [3.8, 4) is 0 Å². The highest BCUT2D eigenvalue weighted by atomic mass is 35.5. The van der Waals surface area contributed by atoms with E-state index in [0.717, 1.165) is 22.5 Å². The van der Waals surface area contributed by atoms with Crippen molar-refractivity contribution in [1.29, 1.82) is 0 Å². The monoisotopic (exact) mass is 310 g/mol. The lowest BCUT2D eigenvalue weighted by atomic mass is 10.1. The zero-order valence-electron chi connectivity index (χ0n) is 10.8. The Bertz CT molecular complexity index is 697. The second-order valence-corrected chi connectivity index (χ2v) is 5.88. The summed E-state index contributed by atoms with van der Waals surface area (Å²) in [5, 5.41) is 13.4. The minimum Gasteiger partial charge on any atom is -0.321 e. The smallest absolute Gasteiger partial charge is 0.299 e. The Morgan fingerprint density at radius 3 is 2.70 bits per heavy atom. The SMILES string of the molecule is Cc1cccc(NC(=O)c2cc([N+](=O)[O-])c(Cl)s2)c1C. The normalized spacial score (nSPS) is 10.3. The van der Waals surface area contributed by atoms with Crippen molar-refractivity contribution >= 4 is 40.2 Å². The predicted octanol–water partition coefficient (Wildman–Crippen LogP) is 4.18. The zero-order valence-corrected chi connectivity index (χ0v) is 12.3. The third-order valence-corrected chi connectivity index (χ3v) is 4.28. The fraction of sp³-hybridized carbons (Fsp3) is 0.154. The van der Waals surface area contributed by atoms with Gasteiger partial charge in [0.25, 0.3) is 11.6 Å². The lowest BCUT2D eigenvalue weighted by Gasteiger charge is -2.09. The van der Waals surface area contributed by atoms with Crippen LogP contribution in [-0.2, 0) is 0 Å². The molecule has 7 heteroatoms. The van der Waals surface area contributed by atoms with Crippen molar-refractivity contribution in [2.75, 3.05) is 5.32 Å². The molecule has 104 valence electrons. The van der Waals surface area contributed by atoms with Gasteiger partial charge >= 0.3 is 0 Å². The standard InChI is InChI=1S/C13H11ClN2O3S/c1-7-4-3-5-9(8(7)2)15-13(17)11-6-10(16(18)19)12(14)20-11/h3-6H,1-2H3,(H,15,17). The molecule has 0 aliphatic heterocycles. The van der Waals surface area contributed by atoms with Crippen LogP contribution < -0.4 is 5.32 Å². The molecule has 0 atom stereocenters. The Kier molecular flexibility index (Phi) is 4.06. The molecule has 1 aromatic carbocycles. The van der Waals surface area contributed by atoms with Crippen LogP contribution >= 0.6 is 22.9 Å². The number of nitrogens with zero attached hydrogens (tertiary/aromatic N) is 1. The first kappa shape index (κ1) is 14.5. The number of thiophene rings is 1. The Hall–Kier alpha value is -1.92. The van der Waals surface area contributed by atoms with Gasteiger partial charge in [0.05, 0.1) is 4.92 Å². The van der Waals surface area contributed by atoms with Crippen molar-refractivity contribution in [3.05, 3.63) is 54.7 Å². The van der Waals surface area contributed by atoms with E-state index in [1.165, 1.54) is 6.07 Å². The van der Waals surface area contributed by atoms with E-state index < -0.39 is 10.8 Å². The van der Waals surface area contributed by atoms with E-state index in [-0.39, 0.29) is 14.9 Å². The number of hydrogen-bond donors (Lipinski definition) is 1. The average molecular weight is 311 g/mol. The number of nitrogens with one attached hydrogen (secondary N) is 1. The number of rotatable bonds is 3. The molecule has 2 aromatic rings. The molecule has 0 bridgehead atoms. The maximum absolute atomic E-state index is 12.1. The van der Waals surface area contributed by atoms with Crippen LogP contribution in [0.2, 0.25) is 4.34 Å². The van der Waals surface area contributed by atoms with Crippen LogP contribution in [0.15, 0.2) is 24.3 Å². The van der Waals surface area contributed by atoms with Crippen LogP contribution in [0, 0.1) is 24.0 Å². The summed E-state index contributed by atoms with van der Waals surface area (Å²) in [4.78, 5) is 22.4.